The molecule has 1 aliphatic heterocycles. The number of thioether (sulfide) groups is 1. The molecule has 3 heterocycles. The number of rotatable bonds is 7. The van der Waals surface area contributed by atoms with Crippen LogP contribution >= 0.6 is 11.8 Å². The Balaban J connectivity index is 1.84. The molecule has 1 saturated heterocycles. The lowest BCUT2D eigenvalue weighted by atomic mass is 10.1. The van der Waals surface area contributed by atoms with E-state index in [4.69, 9.17) is 4.74 Å². The molecular formula is C16H24N4O3S2. The molecule has 2 aromatic heterocycles. The summed E-state index contributed by atoms with van der Waals surface area (Å²) in [4.78, 5) is 0.263. The van der Waals surface area contributed by atoms with Gasteiger partial charge in [-0.05, 0) is 31.4 Å². The van der Waals surface area contributed by atoms with Crippen molar-refractivity contribution in [3.63, 3.8) is 0 Å². The zero-order chi connectivity index (χ0) is 17.9. The number of pyridine rings is 1. The Bertz CT molecular complexity index is 812. The topological polar surface area (TPSA) is 76.8 Å². The zero-order valence-electron chi connectivity index (χ0n) is 14.6. The zero-order valence-corrected chi connectivity index (χ0v) is 16.2. The van der Waals surface area contributed by atoms with Crippen LogP contribution in [0.15, 0.2) is 28.4 Å². The Kier molecular flexibility index (Phi) is 5.98. The maximum absolute atomic E-state index is 12.7. The fourth-order valence-corrected chi connectivity index (χ4v) is 5.36. The second-order valence-corrected chi connectivity index (χ2v) is 8.89. The summed E-state index contributed by atoms with van der Waals surface area (Å²) in [6.07, 6.45) is 5.23. The normalized spacial score (nSPS) is 18.9. The van der Waals surface area contributed by atoms with E-state index in [-0.39, 0.29) is 11.0 Å². The van der Waals surface area contributed by atoms with Crippen LogP contribution in [-0.2, 0) is 14.8 Å². The molecule has 138 valence electrons. The van der Waals surface area contributed by atoms with E-state index in [1.54, 1.807) is 34.5 Å². The number of nitrogens with zero attached hydrogens (tertiary/aromatic N) is 4. The van der Waals surface area contributed by atoms with Crippen molar-refractivity contribution < 1.29 is 13.2 Å². The fraction of sp³-hybridized carbons (Fsp3) is 0.625. The standard InChI is InChI=1S/C16H24N4O3S2/c1-3-19(4-2)25(21,22)14-8-9-15-17-18-16(20(15)11-14)24-12-13-7-5-6-10-23-13/h8-9,11,13H,3-7,10,12H2,1-2H3/t13-/m0/s1. The van der Waals surface area contributed by atoms with Gasteiger partial charge in [0.2, 0.25) is 10.0 Å². The van der Waals surface area contributed by atoms with Gasteiger partial charge in [-0.15, -0.1) is 10.2 Å². The average molecular weight is 385 g/mol. The summed E-state index contributed by atoms with van der Waals surface area (Å²) in [5.74, 6) is 0.799. The van der Waals surface area contributed by atoms with E-state index >= 15 is 0 Å². The highest BCUT2D eigenvalue weighted by Gasteiger charge is 2.23. The third-order valence-electron chi connectivity index (χ3n) is 4.36. The Morgan fingerprint density at radius 1 is 1.28 bits per heavy atom. The molecule has 0 spiro atoms. The number of hydrogen-bond acceptors (Lipinski definition) is 6. The number of aromatic nitrogens is 3. The molecule has 0 radical (unpaired) electrons. The minimum atomic E-state index is -3.50. The molecule has 0 amide bonds. The van der Waals surface area contributed by atoms with Gasteiger partial charge in [0.25, 0.3) is 0 Å². The Morgan fingerprint density at radius 3 is 2.76 bits per heavy atom. The lowest BCUT2D eigenvalue weighted by molar-refractivity contribution is 0.0315. The van der Waals surface area contributed by atoms with Crippen LogP contribution in [0, 0.1) is 0 Å². The van der Waals surface area contributed by atoms with Crippen molar-refractivity contribution in [1.82, 2.24) is 18.9 Å². The van der Waals surface area contributed by atoms with Gasteiger partial charge >= 0.3 is 0 Å². The molecule has 2 aromatic rings. The van der Waals surface area contributed by atoms with Crippen LogP contribution in [0.1, 0.15) is 33.1 Å². The van der Waals surface area contributed by atoms with Gasteiger partial charge in [-0.3, -0.25) is 4.40 Å². The second kappa shape index (κ2) is 8.03. The van der Waals surface area contributed by atoms with Crippen molar-refractivity contribution in [3.05, 3.63) is 18.3 Å². The van der Waals surface area contributed by atoms with E-state index in [0.717, 1.165) is 25.2 Å². The van der Waals surface area contributed by atoms with Crippen LogP contribution < -0.4 is 0 Å². The Hall–Kier alpha value is -1.16. The maximum atomic E-state index is 12.7. The lowest BCUT2D eigenvalue weighted by Gasteiger charge is -2.21. The van der Waals surface area contributed by atoms with Gasteiger partial charge in [0.1, 0.15) is 0 Å². The predicted octanol–water partition coefficient (Wildman–Crippen LogP) is 2.42. The highest BCUT2D eigenvalue weighted by atomic mass is 32.2. The highest BCUT2D eigenvalue weighted by Crippen LogP contribution is 2.24. The summed E-state index contributed by atoms with van der Waals surface area (Å²) in [6.45, 7) is 5.38. The molecule has 1 fully saturated rings. The quantitative estimate of drug-likeness (QED) is 0.683. The summed E-state index contributed by atoms with van der Waals surface area (Å²) >= 11 is 1.56. The van der Waals surface area contributed by atoms with E-state index in [1.807, 2.05) is 13.8 Å². The van der Waals surface area contributed by atoms with Gasteiger partial charge in [0.15, 0.2) is 10.8 Å². The van der Waals surface area contributed by atoms with Crippen molar-refractivity contribution in [2.45, 2.75) is 49.3 Å². The first-order valence-electron chi connectivity index (χ1n) is 8.65. The molecule has 1 aliphatic rings. The van der Waals surface area contributed by atoms with Gasteiger partial charge in [0.05, 0.1) is 11.0 Å². The predicted molar refractivity (Wildman–Crippen MR) is 97.4 cm³/mol. The monoisotopic (exact) mass is 384 g/mol. The molecule has 9 heteroatoms. The second-order valence-electron chi connectivity index (χ2n) is 5.96. The average Bonchev–Trinajstić information content (AvgIpc) is 3.04. The summed E-state index contributed by atoms with van der Waals surface area (Å²) < 4.78 is 34.4. The summed E-state index contributed by atoms with van der Waals surface area (Å²) in [5, 5.41) is 9.03. The first kappa shape index (κ1) is 18.6. The third kappa shape index (κ3) is 3.99. The molecule has 0 saturated carbocycles. The summed E-state index contributed by atoms with van der Waals surface area (Å²) in [6, 6.07) is 3.29. The molecular weight excluding hydrogens is 360 g/mol. The van der Waals surface area contributed by atoms with Gasteiger partial charge in [-0.2, -0.15) is 4.31 Å². The molecule has 1 atom stereocenters. The molecule has 0 N–H and O–H groups in total. The molecule has 25 heavy (non-hydrogen) atoms. The Morgan fingerprint density at radius 2 is 2.08 bits per heavy atom. The van der Waals surface area contributed by atoms with E-state index in [9.17, 15) is 8.42 Å². The van der Waals surface area contributed by atoms with Gasteiger partial charge in [0, 0.05) is 31.6 Å². The lowest BCUT2D eigenvalue weighted by Crippen LogP contribution is -2.30. The van der Waals surface area contributed by atoms with Crippen LogP contribution in [0.3, 0.4) is 0 Å². The van der Waals surface area contributed by atoms with Crippen molar-refractivity contribution >= 4 is 27.4 Å². The molecule has 3 rings (SSSR count). The smallest absolute Gasteiger partial charge is 0.244 e. The van der Waals surface area contributed by atoms with E-state index in [1.165, 1.54) is 10.7 Å². The van der Waals surface area contributed by atoms with Crippen molar-refractivity contribution in [1.29, 1.82) is 0 Å². The summed E-state index contributed by atoms with van der Waals surface area (Å²) in [7, 11) is -3.50. The third-order valence-corrected chi connectivity index (χ3v) is 7.47. The van der Waals surface area contributed by atoms with Crippen LogP contribution in [0.5, 0.6) is 0 Å². The first-order valence-corrected chi connectivity index (χ1v) is 11.1. The van der Waals surface area contributed by atoms with E-state index in [2.05, 4.69) is 10.2 Å². The Labute approximate surface area is 152 Å². The maximum Gasteiger partial charge on any atom is 0.244 e. The molecule has 0 unspecified atom stereocenters. The largest absolute Gasteiger partial charge is 0.377 e. The summed E-state index contributed by atoms with van der Waals surface area (Å²) in [5.41, 5.74) is 0.644. The van der Waals surface area contributed by atoms with Crippen LogP contribution in [-0.4, -0.2) is 58.9 Å². The van der Waals surface area contributed by atoms with Crippen LogP contribution in [0.25, 0.3) is 5.65 Å². The van der Waals surface area contributed by atoms with Crippen molar-refractivity contribution in [3.8, 4) is 0 Å². The van der Waals surface area contributed by atoms with Crippen LogP contribution in [0.2, 0.25) is 0 Å². The number of sulfonamides is 1. The molecule has 7 nitrogen and oxygen atoms in total. The van der Waals surface area contributed by atoms with E-state index < -0.39 is 10.0 Å². The minimum absolute atomic E-state index is 0.230. The SMILES string of the molecule is CCN(CC)S(=O)(=O)c1ccc2nnc(SC[C@@H]3CCCCO3)n2c1. The van der Waals surface area contributed by atoms with Crippen LogP contribution in [0.4, 0.5) is 0 Å². The van der Waals surface area contributed by atoms with Crippen molar-refractivity contribution in [2.75, 3.05) is 25.4 Å². The van der Waals surface area contributed by atoms with Gasteiger partial charge in [-0.25, -0.2) is 8.42 Å². The highest BCUT2D eigenvalue weighted by molar-refractivity contribution is 7.99. The molecule has 0 aliphatic carbocycles. The molecule has 0 aromatic carbocycles. The van der Waals surface area contributed by atoms with E-state index in [0.29, 0.717) is 23.9 Å². The fourth-order valence-electron chi connectivity index (χ4n) is 2.92. The molecule has 0 bridgehead atoms. The number of ether oxygens (including phenoxy) is 1. The van der Waals surface area contributed by atoms with Crippen molar-refractivity contribution in [2.24, 2.45) is 0 Å². The minimum Gasteiger partial charge on any atom is -0.377 e. The number of hydrogen-bond donors (Lipinski definition) is 0. The number of fused-ring (bicyclic) bond motifs is 1. The van der Waals surface area contributed by atoms with Gasteiger partial charge in [-0.1, -0.05) is 25.6 Å². The first-order chi connectivity index (χ1) is 12.1. The van der Waals surface area contributed by atoms with Gasteiger partial charge < -0.3 is 4.74 Å².